The fourth-order valence-electron chi connectivity index (χ4n) is 4.09. The lowest BCUT2D eigenvalue weighted by Gasteiger charge is -2.35. The summed E-state index contributed by atoms with van der Waals surface area (Å²) in [5.41, 5.74) is 0.883. The second kappa shape index (κ2) is 13.0. The molecule has 0 fully saturated rings. The minimum Gasteiger partial charge on any atom is -0.350 e. The molecule has 0 aromatic heterocycles. The SMILES string of the molecule is CC(C)(C)NC(=O)[C@H](Cc1ccccc1)N(Cc1cccc(Cl)c1)C(=O)CN(c1ccc(F)c(Cl)c1)S(C)(=O)=O. The lowest BCUT2D eigenvalue weighted by atomic mass is 10.0. The molecule has 0 saturated heterocycles. The molecule has 11 heteroatoms. The Labute approximate surface area is 244 Å². The smallest absolute Gasteiger partial charge is 0.244 e. The Kier molecular flexibility index (Phi) is 10.2. The Balaban J connectivity index is 2.09. The molecule has 1 N–H and O–H groups in total. The van der Waals surface area contributed by atoms with Crippen molar-refractivity contribution >= 4 is 50.7 Å². The average Bonchev–Trinajstić information content (AvgIpc) is 2.85. The third-order valence-corrected chi connectivity index (χ3v) is 7.55. The van der Waals surface area contributed by atoms with E-state index in [4.69, 9.17) is 23.2 Å². The molecule has 0 bridgehead atoms. The molecule has 0 spiro atoms. The topological polar surface area (TPSA) is 86.8 Å². The number of sulfonamides is 1. The van der Waals surface area contributed by atoms with Crippen molar-refractivity contribution in [2.45, 2.75) is 45.3 Å². The minimum absolute atomic E-state index is 0.0173. The van der Waals surface area contributed by atoms with Crippen molar-refractivity contribution in [3.63, 3.8) is 0 Å². The molecule has 0 aliphatic carbocycles. The van der Waals surface area contributed by atoms with E-state index in [2.05, 4.69) is 5.32 Å². The molecule has 0 heterocycles. The maximum absolute atomic E-state index is 14.0. The van der Waals surface area contributed by atoms with Gasteiger partial charge in [-0.1, -0.05) is 65.7 Å². The van der Waals surface area contributed by atoms with Crippen LogP contribution in [0, 0.1) is 5.82 Å². The third-order valence-electron chi connectivity index (χ3n) is 5.88. The van der Waals surface area contributed by atoms with Gasteiger partial charge in [0.2, 0.25) is 21.8 Å². The largest absolute Gasteiger partial charge is 0.350 e. The Hall–Kier alpha value is -3.14. The molecule has 40 heavy (non-hydrogen) atoms. The quantitative estimate of drug-likeness (QED) is 0.332. The molecule has 7 nitrogen and oxygen atoms in total. The lowest BCUT2D eigenvalue weighted by molar-refractivity contribution is -0.140. The van der Waals surface area contributed by atoms with Crippen molar-refractivity contribution in [1.29, 1.82) is 0 Å². The van der Waals surface area contributed by atoms with E-state index in [-0.39, 0.29) is 23.7 Å². The number of carbonyl (C=O) groups is 2. The van der Waals surface area contributed by atoms with Crippen molar-refractivity contribution < 1.29 is 22.4 Å². The molecule has 3 aromatic rings. The normalized spacial score (nSPS) is 12.5. The molecule has 0 aliphatic heterocycles. The summed E-state index contributed by atoms with van der Waals surface area (Å²) in [6, 6.07) is 18.5. The zero-order chi connectivity index (χ0) is 29.7. The highest BCUT2D eigenvalue weighted by molar-refractivity contribution is 7.92. The molecule has 0 saturated carbocycles. The van der Waals surface area contributed by atoms with Crippen LogP contribution in [0.4, 0.5) is 10.1 Å². The van der Waals surface area contributed by atoms with Crippen molar-refractivity contribution in [3.05, 3.63) is 99.8 Å². The third kappa shape index (κ3) is 8.94. The van der Waals surface area contributed by atoms with Gasteiger partial charge in [-0.3, -0.25) is 13.9 Å². The van der Waals surface area contributed by atoms with Gasteiger partial charge in [0.15, 0.2) is 0 Å². The van der Waals surface area contributed by atoms with Gasteiger partial charge in [-0.15, -0.1) is 0 Å². The van der Waals surface area contributed by atoms with Crippen LogP contribution in [0.15, 0.2) is 72.8 Å². The number of benzene rings is 3. The molecular formula is C29H32Cl2FN3O4S. The van der Waals surface area contributed by atoms with Crippen LogP contribution < -0.4 is 9.62 Å². The first-order valence-electron chi connectivity index (χ1n) is 12.5. The van der Waals surface area contributed by atoms with Crippen LogP contribution in [-0.2, 0) is 32.6 Å². The van der Waals surface area contributed by atoms with E-state index in [9.17, 15) is 22.4 Å². The number of nitrogens with zero attached hydrogens (tertiary/aromatic N) is 2. The van der Waals surface area contributed by atoms with Crippen LogP contribution in [0.2, 0.25) is 10.0 Å². The Morgan fingerprint density at radius 1 is 0.950 bits per heavy atom. The van der Waals surface area contributed by atoms with E-state index in [1.807, 2.05) is 51.1 Å². The summed E-state index contributed by atoms with van der Waals surface area (Å²) in [6.45, 7) is 4.83. The van der Waals surface area contributed by atoms with Gasteiger partial charge in [0.05, 0.1) is 17.0 Å². The standard InChI is InChI=1S/C29H32Cl2FN3O4S/c1-29(2,3)33-28(37)26(16-20-9-6-5-7-10-20)34(18-21-11-8-12-22(30)15-21)27(36)19-35(40(4,38)39)23-13-14-25(32)24(31)17-23/h5-15,17,26H,16,18-19H2,1-4H3,(H,33,37)/t26-/m0/s1. The highest BCUT2D eigenvalue weighted by Crippen LogP contribution is 2.25. The fraction of sp³-hybridized carbons (Fsp3) is 0.310. The summed E-state index contributed by atoms with van der Waals surface area (Å²) < 4.78 is 40.3. The van der Waals surface area contributed by atoms with Gasteiger partial charge in [0.25, 0.3) is 0 Å². The van der Waals surface area contributed by atoms with Crippen LogP contribution in [0.1, 0.15) is 31.9 Å². The summed E-state index contributed by atoms with van der Waals surface area (Å²) in [5, 5.41) is 3.11. The summed E-state index contributed by atoms with van der Waals surface area (Å²) in [5.74, 6) is -1.77. The molecule has 1 atom stereocenters. The van der Waals surface area contributed by atoms with Crippen molar-refractivity contribution in [2.75, 3.05) is 17.1 Å². The van der Waals surface area contributed by atoms with Crippen LogP contribution in [-0.4, -0.2) is 49.5 Å². The maximum Gasteiger partial charge on any atom is 0.244 e. The molecular weight excluding hydrogens is 576 g/mol. The van der Waals surface area contributed by atoms with Crippen molar-refractivity contribution in [1.82, 2.24) is 10.2 Å². The van der Waals surface area contributed by atoms with Gasteiger partial charge in [0.1, 0.15) is 18.4 Å². The number of hydrogen-bond acceptors (Lipinski definition) is 4. The van der Waals surface area contributed by atoms with Gasteiger partial charge >= 0.3 is 0 Å². The van der Waals surface area contributed by atoms with E-state index in [1.165, 1.54) is 11.0 Å². The second-order valence-corrected chi connectivity index (χ2v) is 13.2. The predicted octanol–water partition coefficient (Wildman–Crippen LogP) is 5.45. The van der Waals surface area contributed by atoms with Crippen molar-refractivity contribution in [3.8, 4) is 0 Å². The van der Waals surface area contributed by atoms with Crippen LogP contribution in [0.3, 0.4) is 0 Å². The van der Waals surface area contributed by atoms with Crippen molar-refractivity contribution in [2.24, 2.45) is 0 Å². The summed E-state index contributed by atoms with van der Waals surface area (Å²) in [7, 11) is -4.01. The summed E-state index contributed by atoms with van der Waals surface area (Å²) >= 11 is 12.1. The van der Waals surface area contributed by atoms with E-state index >= 15 is 0 Å². The highest BCUT2D eigenvalue weighted by atomic mass is 35.5. The first kappa shape index (κ1) is 31.4. The maximum atomic E-state index is 14.0. The van der Waals surface area contributed by atoms with E-state index in [0.29, 0.717) is 10.6 Å². The number of amides is 2. The Morgan fingerprint density at radius 3 is 2.17 bits per heavy atom. The van der Waals surface area contributed by atoms with E-state index in [1.54, 1.807) is 24.3 Å². The number of halogens is 3. The molecule has 0 unspecified atom stereocenters. The van der Waals surface area contributed by atoms with Crippen LogP contribution in [0.25, 0.3) is 0 Å². The van der Waals surface area contributed by atoms with E-state index in [0.717, 1.165) is 28.3 Å². The molecule has 214 valence electrons. The number of hydrogen-bond donors (Lipinski definition) is 1. The van der Waals surface area contributed by atoms with Crippen LogP contribution >= 0.6 is 23.2 Å². The van der Waals surface area contributed by atoms with Gasteiger partial charge in [-0.2, -0.15) is 0 Å². The van der Waals surface area contributed by atoms with Gasteiger partial charge in [-0.05, 0) is 62.2 Å². The fourth-order valence-corrected chi connectivity index (χ4v) is 5.32. The number of carbonyl (C=O) groups excluding carboxylic acids is 2. The lowest BCUT2D eigenvalue weighted by Crippen LogP contribution is -2.56. The molecule has 3 aromatic carbocycles. The second-order valence-electron chi connectivity index (χ2n) is 10.5. The molecule has 3 rings (SSSR count). The molecule has 0 radical (unpaired) electrons. The Morgan fingerprint density at radius 2 is 1.60 bits per heavy atom. The number of rotatable bonds is 10. The van der Waals surface area contributed by atoms with Crippen LogP contribution in [0.5, 0.6) is 0 Å². The Bertz CT molecular complexity index is 1460. The predicted molar refractivity (Wildman–Crippen MR) is 157 cm³/mol. The minimum atomic E-state index is -4.01. The van der Waals surface area contributed by atoms with Gasteiger partial charge < -0.3 is 10.2 Å². The van der Waals surface area contributed by atoms with Gasteiger partial charge in [0, 0.05) is 23.5 Å². The zero-order valence-corrected chi connectivity index (χ0v) is 25.0. The first-order valence-corrected chi connectivity index (χ1v) is 15.1. The summed E-state index contributed by atoms with van der Waals surface area (Å²) in [4.78, 5) is 29.0. The first-order chi connectivity index (χ1) is 18.6. The average molecular weight is 609 g/mol. The summed E-state index contributed by atoms with van der Waals surface area (Å²) in [6.07, 6.45) is 1.11. The molecule has 2 amide bonds. The number of nitrogens with one attached hydrogen (secondary N) is 1. The zero-order valence-electron chi connectivity index (χ0n) is 22.7. The van der Waals surface area contributed by atoms with E-state index < -0.39 is 45.8 Å². The van der Waals surface area contributed by atoms with Gasteiger partial charge in [-0.25, -0.2) is 12.8 Å². The molecule has 0 aliphatic rings. The monoisotopic (exact) mass is 607 g/mol. The number of anilines is 1. The highest BCUT2D eigenvalue weighted by Gasteiger charge is 2.34.